The van der Waals surface area contributed by atoms with E-state index in [2.05, 4.69) is 23.8 Å². The molecule has 0 aliphatic rings. The first-order valence-electron chi connectivity index (χ1n) is 3.38. The average Bonchev–Trinajstić information content (AvgIpc) is 1.87. The zero-order chi connectivity index (χ0) is 7.82. The normalized spacial score (nSPS) is 13.2. The number of allylic oxidation sites excluding steroid dienone is 1. The average molecular weight is 138 g/mol. The van der Waals surface area contributed by atoms with Gasteiger partial charge in [0.05, 0.1) is 0 Å². The van der Waals surface area contributed by atoms with Gasteiger partial charge in [-0.25, -0.2) is 0 Å². The van der Waals surface area contributed by atoms with Crippen molar-refractivity contribution in [1.82, 2.24) is 0 Å². The molecule has 0 aromatic carbocycles. The zero-order valence-corrected chi connectivity index (χ0v) is 6.78. The summed E-state index contributed by atoms with van der Waals surface area (Å²) in [5, 5.41) is 0. The molecule has 0 aromatic rings. The molecule has 0 N–H and O–H groups in total. The second kappa shape index (κ2) is 6.20. The van der Waals surface area contributed by atoms with Gasteiger partial charge in [-0.15, -0.1) is 0 Å². The van der Waals surface area contributed by atoms with Crippen LogP contribution in [0.1, 0.15) is 13.8 Å². The number of aliphatic imine (C=N–C) groups is 2. The van der Waals surface area contributed by atoms with Crippen molar-refractivity contribution in [2.24, 2.45) is 15.9 Å². The highest BCUT2D eigenvalue weighted by molar-refractivity contribution is 5.71. The Morgan fingerprint density at radius 3 is 2.50 bits per heavy atom. The van der Waals surface area contributed by atoms with Gasteiger partial charge in [0.2, 0.25) is 0 Å². The summed E-state index contributed by atoms with van der Waals surface area (Å²) >= 11 is 0. The number of rotatable bonds is 3. The molecule has 0 unspecified atom stereocenters. The maximum Gasteiger partial charge on any atom is 0.0279 e. The van der Waals surface area contributed by atoms with E-state index in [0.717, 1.165) is 0 Å². The minimum atomic E-state index is 0.517. The van der Waals surface area contributed by atoms with E-state index in [9.17, 15) is 0 Å². The van der Waals surface area contributed by atoms with Gasteiger partial charge in [-0.3, -0.25) is 9.98 Å². The summed E-state index contributed by atoms with van der Waals surface area (Å²) in [6.45, 7) is 4.18. The van der Waals surface area contributed by atoms with E-state index in [4.69, 9.17) is 0 Å². The van der Waals surface area contributed by atoms with Crippen molar-refractivity contribution >= 4 is 12.4 Å². The van der Waals surface area contributed by atoms with Gasteiger partial charge >= 0.3 is 0 Å². The van der Waals surface area contributed by atoms with Gasteiger partial charge in [-0.2, -0.15) is 0 Å². The number of nitrogens with zero attached hydrogens (tertiary/aromatic N) is 2. The smallest absolute Gasteiger partial charge is 0.0279 e. The van der Waals surface area contributed by atoms with E-state index in [1.165, 1.54) is 0 Å². The first-order chi connectivity index (χ1) is 4.77. The predicted octanol–water partition coefficient (Wildman–Crippen LogP) is 1.93. The molecule has 0 aliphatic heterocycles. The molecule has 0 atom stereocenters. The van der Waals surface area contributed by atoms with Crippen LogP contribution in [-0.2, 0) is 0 Å². The van der Waals surface area contributed by atoms with Crippen LogP contribution in [0, 0.1) is 5.92 Å². The summed E-state index contributed by atoms with van der Waals surface area (Å²) in [5.41, 5.74) is 0. The molecular formula is C8H14N2. The van der Waals surface area contributed by atoms with Crippen LogP contribution in [0.2, 0.25) is 0 Å². The summed E-state index contributed by atoms with van der Waals surface area (Å²) in [5.74, 6) is 0.517. The van der Waals surface area contributed by atoms with Crippen LogP contribution < -0.4 is 0 Å². The number of hydrogen-bond donors (Lipinski definition) is 0. The van der Waals surface area contributed by atoms with E-state index in [0.29, 0.717) is 5.92 Å². The van der Waals surface area contributed by atoms with Crippen LogP contribution in [-0.4, -0.2) is 19.5 Å². The monoisotopic (exact) mass is 138 g/mol. The van der Waals surface area contributed by atoms with Gasteiger partial charge in [0.15, 0.2) is 0 Å². The summed E-state index contributed by atoms with van der Waals surface area (Å²) in [7, 11) is 1.73. The minimum absolute atomic E-state index is 0.517. The summed E-state index contributed by atoms with van der Waals surface area (Å²) in [4.78, 5) is 7.78. The zero-order valence-electron chi connectivity index (χ0n) is 6.78. The first kappa shape index (κ1) is 9.08. The fourth-order valence-electron chi connectivity index (χ4n) is 0.396. The van der Waals surface area contributed by atoms with Crippen molar-refractivity contribution in [3.05, 3.63) is 12.3 Å². The third-order valence-electron chi connectivity index (χ3n) is 0.791. The lowest BCUT2D eigenvalue weighted by atomic mass is 10.3. The Labute approximate surface area is 62.4 Å². The van der Waals surface area contributed by atoms with Gasteiger partial charge in [0.1, 0.15) is 0 Å². The molecule has 0 aromatic heterocycles. The molecule has 2 heteroatoms. The topological polar surface area (TPSA) is 24.7 Å². The van der Waals surface area contributed by atoms with Crippen LogP contribution in [0.3, 0.4) is 0 Å². The Balaban J connectivity index is 3.51. The summed E-state index contributed by atoms with van der Waals surface area (Å²) < 4.78 is 0. The van der Waals surface area contributed by atoms with Gasteiger partial charge < -0.3 is 0 Å². The molecule has 2 nitrogen and oxygen atoms in total. The lowest BCUT2D eigenvalue weighted by Gasteiger charge is -1.87. The van der Waals surface area contributed by atoms with Crippen molar-refractivity contribution in [2.45, 2.75) is 13.8 Å². The van der Waals surface area contributed by atoms with Crippen molar-refractivity contribution in [1.29, 1.82) is 0 Å². The van der Waals surface area contributed by atoms with Crippen molar-refractivity contribution in [3.63, 3.8) is 0 Å². The van der Waals surface area contributed by atoms with E-state index < -0.39 is 0 Å². The van der Waals surface area contributed by atoms with Crippen LogP contribution in [0.15, 0.2) is 22.3 Å². The van der Waals surface area contributed by atoms with Gasteiger partial charge in [-0.05, 0) is 12.0 Å². The minimum Gasteiger partial charge on any atom is -0.296 e. The second-order valence-electron chi connectivity index (χ2n) is 2.29. The molecule has 0 saturated carbocycles. The lowest BCUT2D eigenvalue weighted by Crippen LogP contribution is -1.84. The second-order valence-corrected chi connectivity index (χ2v) is 2.29. The maximum absolute atomic E-state index is 4.01. The highest BCUT2D eigenvalue weighted by Gasteiger charge is 1.79. The van der Waals surface area contributed by atoms with Crippen molar-refractivity contribution in [3.8, 4) is 0 Å². The van der Waals surface area contributed by atoms with Crippen molar-refractivity contribution in [2.75, 3.05) is 7.05 Å². The molecule has 0 amide bonds. The largest absolute Gasteiger partial charge is 0.296 e. The van der Waals surface area contributed by atoms with Crippen LogP contribution in [0.5, 0.6) is 0 Å². The highest BCUT2D eigenvalue weighted by Crippen LogP contribution is 1.84. The van der Waals surface area contributed by atoms with E-state index >= 15 is 0 Å². The third-order valence-corrected chi connectivity index (χ3v) is 0.791. The molecule has 0 bridgehead atoms. The Hall–Kier alpha value is -0.920. The Bertz CT molecular complexity index is 143. The molecular weight excluding hydrogens is 124 g/mol. The number of hydrogen-bond acceptors (Lipinski definition) is 2. The van der Waals surface area contributed by atoms with Crippen molar-refractivity contribution < 1.29 is 0 Å². The highest BCUT2D eigenvalue weighted by atomic mass is 14.7. The first-order valence-corrected chi connectivity index (χ1v) is 3.38. The quantitative estimate of drug-likeness (QED) is 0.532. The molecule has 0 radical (unpaired) electrons. The summed E-state index contributed by atoms with van der Waals surface area (Å²) in [6.07, 6.45) is 7.13. The molecule has 56 valence electrons. The van der Waals surface area contributed by atoms with Crippen LogP contribution >= 0.6 is 0 Å². The Morgan fingerprint density at radius 1 is 1.30 bits per heavy atom. The van der Waals surface area contributed by atoms with E-state index in [-0.39, 0.29) is 0 Å². The third kappa shape index (κ3) is 7.08. The molecule has 10 heavy (non-hydrogen) atoms. The lowest BCUT2D eigenvalue weighted by molar-refractivity contribution is 0.907. The van der Waals surface area contributed by atoms with Gasteiger partial charge in [0.25, 0.3) is 0 Å². The Morgan fingerprint density at radius 2 is 2.00 bits per heavy atom. The SMILES string of the molecule is C\N=C/C=C\N=C\C(C)C. The molecule has 0 saturated heterocycles. The predicted molar refractivity (Wildman–Crippen MR) is 46.9 cm³/mol. The molecule has 0 aliphatic carbocycles. The van der Waals surface area contributed by atoms with E-state index in [1.54, 1.807) is 25.5 Å². The summed E-state index contributed by atoms with van der Waals surface area (Å²) in [6, 6.07) is 0. The fourth-order valence-corrected chi connectivity index (χ4v) is 0.396. The molecule has 0 spiro atoms. The Kier molecular flexibility index (Phi) is 5.63. The standard InChI is InChI=1S/C8H14N2/c1-8(2)7-10-6-4-5-9-3/h4-8H,1-3H3/b6-4-,9-5-,10-7+. The van der Waals surface area contributed by atoms with Crippen LogP contribution in [0.4, 0.5) is 0 Å². The van der Waals surface area contributed by atoms with Crippen LogP contribution in [0.25, 0.3) is 0 Å². The van der Waals surface area contributed by atoms with Gasteiger partial charge in [-0.1, -0.05) is 13.8 Å². The maximum atomic E-state index is 4.01. The van der Waals surface area contributed by atoms with Gasteiger partial charge in [0, 0.05) is 25.7 Å². The van der Waals surface area contributed by atoms with E-state index in [1.807, 2.05) is 6.21 Å². The molecule has 0 fully saturated rings. The fraction of sp³-hybridized carbons (Fsp3) is 0.500. The molecule has 0 rings (SSSR count). The molecule has 0 heterocycles.